The molecule has 26 heavy (non-hydrogen) atoms. The Hall–Kier alpha value is -3.68. The van der Waals surface area contributed by atoms with Gasteiger partial charge in [-0.15, -0.1) is 0 Å². The molecule has 0 fully saturated rings. The van der Waals surface area contributed by atoms with Gasteiger partial charge in [0.05, 0.1) is 11.3 Å². The Morgan fingerprint density at radius 3 is 2.58 bits per heavy atom. The quantitative estimate of drug-likeness (QED) is 0.387. The Kier molecular flexibility index (Phi) is 5.23. The van der Waals surface area contributed by atoms with E-state index in [2.05, 4.69) is 15.6 Å². The van der Waals surface area contributed by atoms with Gasteiger partial charge in [0.15, 0.2) is 0 Å². The third kappa shape index (κ3) is 4.04. The molecule has 0 aliphatic heterocycles. The van der Waals surface area contributed by atoms with Gasteiger partial charge < -0.3 is 15.2 Å². The molecule has 132 valence electrons. The predicted octanol–water partition coefficient (Wildman–Crippen LogP) is 2.62. The Balaban J connectivity index is 1.51. The number of carbonyl (C=O) groups is 1. The van der Waals surface area contributed by atoms with Crippen LogP contribution in [-0.4, -0.2) is 33.5 Å². The van der Waals surface area contributed by atoms with E-state index in [-0.39, 0.29) is 11.6 Å². The number of carbonyl (C=O) groups excluding carboxylic acids is 1. The highest BCUT2D eigenvalue weighted by atomic mass is 16.6. The number of para-hydroxylation sites is 2. The van der Waals surface area contributed by atoms with Crippen molar-refractivity contribution < 1.29 is 9.72 Å². The highest BCUT2D eigenvalue weighted by molar-refractivity contribution is 5.94. The van der Waals surface area contributed by atoms with E-state index in [0.717, 1.165) is 5.69 Å². The second-order valence-corrected chi connectivity index (χ2v) is 5.47. The van der Waals surface area contributed by atoms with Gasteiger partial charge >= 0.3 is 0 Å². The molecule has 3 aromatic rings. The molecular weight excluding hydrogens is 334 g/mol. The van der Waals surface area contributed by atoms with Gasteiger partial charge in [-0.2, -0.15) is 0 Å². The van der Waals surface area contributed by atoms with Crippen LogP contribution in [0.15, 0.2) is 67.3 Å². The van der Waals surface area contributed by atoms with Crippen molar-refractivity contribution in [1.82, 2.24) is 14.9 Å². The summed E-state index contributed by atoms with van der Waals surface area (Å²) in [5, 5.41) is 16.7. The Bertz CT molecular complexity index is 891. The van der Waals surface area contributed by atoms with E-state index >= 15 is 0 Å². The Morgan fingerprint density at radius 2 is 1.88 bits per heavy atom. The van der Waals surface area contributed by atoms with Crippen LogP contribution >= 0.6 is 0 Å². The van der Waals surface area contributed by atoms with Crippen molar-refractivity contribution in [2.45, 2.75) is 0 Å². The van der Waals surface area contributed by atoms with E-state index in [1.165, 1.54) is 6.07 Å². The van der Waals surface area contributed by atoms with Crippen LogP contribution in [-0.2, 0) is 0 Å². The van der Waals surface area contributed by atoms with Crippen molar-refractivity contribution in [2.24, 2.45) is 0 Å². The molecule has 1 aromatic heterocycles. The van der Waals surface area contributed by atoms with E-state index in [9.17, 15) is 14.9 Å². The zero-order chi connectivity index (χ0) is 18.4. The van der Waals surface area contributed by atoms with Crippen LogP contribution in [0.2, 0.25) is 0 Å². The summed E-state index contributed by atoms with van der Waals surface area (Å²) >= 11 is 0. The van der Waals surface area contributed by atoms with Crippen LogP contribution in [0.4, 0.5) is 11.4 Å². The van der Waals surface area contributed by atoms with Crippen LogP contribution in [0, 0.1) is 10.1 Å². The lowest BCUT2D eigenvalue weighted by Gasteiger charge is -2.09. The number of hydrogen-bond acceptors (Lipinski definition) is 5. The monoisotopic (exact) mass is 351 g/mol. The number of hydrogen-bond donors (Lipinski definition) is 2. The molecule has 0 aliphatic carbocycles. The first-order valence-electron chi connectivity index (χ1n) is 7.99. The average molecular weight is 351 g/mol. The number of rotatable bonds is 7. The van der Waals surface area contributed by atoms with E-state index < -0.39 is 4.92 Å². The Labute approximate surface area is 149 Å². The van der Waals surface area contributed by atoms with Gasteiger partial charge in [-0.3, -0.25) is 14.9 Å². The minimum Gasteiger partial charge on any atom is -0.378 e. The molecule has 0 unspecified atom stereocenters. The fourth-order valence-corrected chi connectivity index (χ4v) is 2.45. The summed E-state index contributed by atoms with van der Waals surface area (Å²) < 4.78 is 1.85. The number of nitrogens with zero attached hydrogens (tertiary/aromatic N) is 3. The maximum absolute atomic E-state index is 12.2. The van der Waals surface area contributed by atoms with Crippen molar-refractivity contribution in [3.8, 4) is 5.69 Å². The molecule has 1 amide bonds. The second-order valence-electron chi connectivity index (χ2n) is 5.47. The van der Waals surface area contributed by atoms with E-state index in [4.69, 9.17) is 0 Å². The average Bonchev–Trinajstić information content (AvgIpc) is 3.20. The molecule has 3 rings (SSSR count). The van der Waals surface area contributed by atoms with Crippen molar-refractivity contribution in [3.63, 3.8) is 0 Å². The number of nitrogens with one attached hydrogen (secondary N) is 2. The molecule has 2 aromatic carbocycles. The summed E-state index contributed by atoms with van der Waals surface area (Å²) in [5.74, 6) is -0.202. The zero-order valence-corrected chi connectivity index (χ0v) is 13.8. The molecule has 0 spiro atoms. The highest BCUT2D eigenvalue weighted by Crippen LogP contribution is 2.22. The lowest BCUT2D eigenvalue weighted by molar-refractivity contribution is -0.384. The molecule has 0 saturated heterocycles. The van der Waals surface area contributed by atoms with E-state index in [0.29, 0.717) is 24.3 Å². The van der Waals surface area contributed by atoms with Gasteiger partial charge in [-0.05, 0) is 30.3 Å². The van der Waals surface area contributed by atoms with Gasteiger partial charge in [-0.1, -0.05) is 12.1 Å². The van der Waals surface area contributed by atoms with Crippen molar-refractivity contribution in [1.29, 1.82) is 0 Å². The SMILES string of the molecule is O=C(NCCNc1ccccc1[N+](=O)[O-])c1ccc(-n2ccnc2)cc1. The van der Waals surface area contributed by atoms with E-state index in [1.54, 1.807) is 42.9 Å². The highest BCUT2D eigenvalue weighted by Gasteiger charge is 2.11. The summed E-state index contributed by atoms with van der Waals surface area (Å²) in [4.78, 5) is 26.7. The number of benzene rings is 2. The smallest absolute Gasteiger partial charge is 0.292 e. The van der Waals surface area contributed by atoms with Crippen LogP contribution < -0.4 is 10.6 Å². The first-order chi connectivity index (χ1) is 12.6. The molecule has 1 heterocycles. The minimum absolute atomic E-state index is 0.00826. The summed E-state index contributed by atoms with van der Waals surface area (Å²) in [5.41, 5.74) is 1.89. The van der Waals surface area contributed by atoms with Gasteiger partial charge in [-0.25, -0.2) is 4.98 Å². The van der Waals surface area contributed by atoms with Crippen LogP contribution in [0.1, 0.15) is 10.4 Å². The van der Waals surface area contributed by atoms with Gasteiger partial charge in [0, 0.05) is 42.8 Å². The molecule has 8 nitrogen and oxygen atoms in total. The maximum Gasteiger partial charge on any atom is 0.292 e. The van der Waals surface area contributed by atoms with E-state index in [1.807, 2.05) is 22.9 Å². The molecule has 0 saturated carbocycles. The molecule has 8 heteroatoms. The van der Waals surface area contributed by atoms with Crippen LogP contribution in [0.5, 0.6) is 0 Å². The molecular formula is C18H17N5O3. The number of nitro benzene ring substituents is 1. The van der Waals surface area contributed by atoms with Crippen LogP contribution in [0.3, 0.4) is 0 Å². The largest absolute Gasteiger partial charge is 0.378 e. The number of aromatic nitrogens is 2. The topological polar surface area (TPSA) is 102 Å². The molecule has 2 N–H and O–H groups in total. The normalized spacial score (nSPS) is 10.3. The van der Waals surface area contributed by atoms with Crippen LogP contribution in [0.25, 0.3) is 5.69 Å². The summed E-state index contributed by atoms with van der Waals surface area (Å²) in [6, 6.07) is 13.5. The van der Waals surface area contributed by atoms with Gasteiger partial charge in [0.1, 0.15) is 5.69 Å². The Morgan fingerprint density at radius 1 is 1.12 bits per heavy atom. The predicted molar refractivity (Wildman–Crippen MR) is 97.5 cm³/mol. The molecule has 0 bridgehead atoms. The maximum atomic E-state index is 12.2. The summed E-state index contributed by atoms with van der Waals surface area (Å²) in [7, 11) is 0. The minimum atomic E-state index is -0.442. The number of nitro groups is 1. The fourth-order valence-electron chi connectivity index (χ4n) is 2.45. The van der Waals surface area contributed by atoms with Crippen molar-refractivity contribution in [3.05, 3.63) is 82.9 Å². The molecule has 0 aliphatic rings. The summed E-state index contributed by atoms with van der Waals surface area (Å²) in [6.07, 6.45) is 5.19. The first kappa shape index (κ1) is 17.2. The van der Waals surface area contributed by atoms with Crippen molar-refractivity contribution in [2.75, 3.05) is 18.4 Å². The number of anilines is 1. The first-order valence-corrected chi connectivity index (χ1v) is 7.99. The van der Waals surface area contributed by atoms with Gasteiger partial charge in [0.25, 0.3) is 11.6 Å². The standard InChI is InChI=1S/C18H17N5O3/c24-18(14-5-7-15(8-6-14)22-12-11-19-13-22)21-10-9-20-16-3-1-2-4-17(16)23(25)26/h1-8,11-13,20H,9-10H2,(H,21,24). The van der Waals surface area contributed by atoms with Crippen molar-refractivity contribution >= 4 is 17.3 Å². The van der Waals surface area contributed by atoms with Gasteiger partial charge in [0.2, 0.25) is 0 Å². The molecule has 0 atom stereocenters. The lowest BCUT2D eigenvalue weighted by atomic mass is 10.2. The lowest BCUT2D eigenvalue weighted by Crippen LogP contribution is -2.28. The third-order valence-corrected chi connectivity index (χ3v) is 3.76. The third-order valence-electron chi connectivity index (χ3n) is 3.76. The molecule has 0 radical (unpaired) electrons. The second kappa shape index (κ2) is 7.93. The fraction of sp³-hybridized carbons (Fsp3) is 0.111. The zero-order valence-electron chi connectivity index (χ0n) is 13.8. The number of imidazole rings is 1. The summed E-state index contributed by atoms with van der Waals surface area (Å²) in [6.45, 7) is 0.720. The number of amides is 1.